The Morgan fingerprint density at radius 2 is 1.64 bits per heavy atom. The van der Waals surface area contributed by atoms with Crippen LogP contribution in [-0.4, -0.2) is 9.52 Å². The molecule has 1 aliphatic heterocycles. The van der Waals surface area contributed by atoms with Gasteiger partial charge in [-0.05, 0) is 22.4 Å². The van der Waals surface area contributed by atoms with Crippen LogP contribution >= 0.6 is 15.9 Å². The molecular formula is C12H7BrSi. The standard InChI is InChI=1S/C12H7BrSi/c13-9-5-3-7-11-12(9)8-4-1-2-6-10(8)14-11/h1-7H. The molecule has 14 heavy (non-hydrogen) atoms. The number of rotatable bonds is 0. The lowest BCUT2D eigenvalue weighted by molar-refractivity contribution is 1.66. The van der Waals surface area contributed by atoms with Gasteiger partial charge in [0.25, 0.3) is 0 Å². The first-order valence-corrected chi connectivity index (χ1v) is 6.30. The topological polar surface area (TPSA) is 0 Å². The molecule has 0 aliphatic carbocycles. The first kappa shape index (κ1) is 8.45. The molecule has 0 bridgehead atoms. The first-order chi connectivity index (χ1) is 6.86. The van der Waals surface area contributed by atoms with Crippen molar-refractivity contribution in [1.82, 2.24) is 0 Å². The van der Waals surface area contributed by atoms with E-state index < -0.39 is 0 Å². The zero-order valence-electron chi connectivity index (χ0n) is 7.42. The lowest BCUT2D eigenvalue weighted by Gasteiger charge is -2.02. The van der Waals surface area contributed by atoms with E-state index in [0.717, 1.165) is 9.52 Å². The van der Waals surface area contributed by atoms with E-state index in [1.165, 1.54) is 26.0 Å². The molecule has 3 rings (SSSR count). The Kier molecular flexibility index (Phi) is 1.85. The van der Waals surface area contributed by atoms with Gasteiger partial charge in [-0.1, -0.05) is 57.5 Å². The summed E-state index contributed by atoms with van der Waals surface area (Å²) in [5, 5.41) is 2.93. The molecule has 0 amide bonds. The Morgan fingerprint density at radius 1 is 0.857 bits per heavy atom. The number of hydrogen-bond donors (Lipinski definition) is 0. The van der Waals surface area contributed by atoms with E-state index in [1.54, 1.807) is 0 Å². The number of benzene rings is 2. The minimum Gasteiger partial charge on any atom is -0.0625 e. The fourth-order valence-electron chi connectivity index (χ4n) is 1.86. The Morgan fingerprint density at radius 3 is 2.57 bits per heavy atom. The van der Waals surface area contributed by atoms with Gasteiger partial charge < -0.3 is 0 Å². The third kappa shape index (κ3) is 1.11. The molecule has 0 aromatic heterocycles. The third-order valence-corrected chi connectivity index (χ3v) is 4.53. The molecule has 0 fully saturated rings. The molecule has 1 heterocycles. The summed E-state index contributed by atoms with van der Waals surface area (Å²) in [6, 6.07) is 15.1. The van der Waals surface area contributed by atoms with E-state index in [0.29, 0.717) is 0 Å². The van der Waals surface area contributed by atoms with E-state index in [2.05, 4.69) is 58.4 Å². The second-order valence-electron chi connectivity index (χ2n) is 3.33. The number of fused-ring (bicyclic) bond motifs is 3. The summed E-state index contributed by atoms with van der Waals surface area (Å²) >= 11 is 3.62. The average molecular weight is 259 g/mol. The van der Waals surface area contributed by atoms with Crippen molar-refractivity contribution in [3.8, 4) is 11.1 Å². The largest absolute Gasteiger partial charge is 0.123 e. The van der Waals surface area contributed by atoms with E-state index in [9.17, 15) is 0 Å². The molecule has 0 N–H and O–H groups in total. The van der Waals surface area contributed by atoms with Crippen LogP contribution in [0.1, 0.15) is 0 Å². The highest BCUT2D eigenvalue weighted by Gasteiger charge is 2.20. The van der Waals surface area contributed by atoms with Gasteiger partial charge in [-0.2, -0.15) is 0 Å². The van der Waals surface area contributed by atoms with Crippen LogP contribution in [0.4, 0.5) is 0 Å². The third-order valence-electron chi connectivity index (χ3n) is 2.48. The van der Waals surface area contributed by atoms with Crippen LogP contribution in [0.15, 0.2) is 46.9 Å². The zero-order chi connectivity index (χ0) is 9.54. The van der Waals surface area contributed by atoms with Gasteiger partial charge in [0.15, 0.2) is 0 Å². The molecule has 2 aromatic rings. The van der Waals surface area contributed by atoms with Gasteiger partial charge in [-0.15, -0.1) is 0 Å². The summed E-state index contributed by atoms with van der Waals surface area (Å²) in [7, 11) is 0.817. The molecule has 2 aromatic carbocycles. The van der Waals surface area contributed by atoms with Gasteiger partial charge >= 0.3 is 0 Å². The highest BCUT2D eigenvalue weighted by Crippen LogP contribution is 2.27. The molecule has 1 aliphatic rings. The molecule has 66 valence electrons. The van der Waals surface area contributed by atoms with Crippen LogP contribution in [0.2, 0.25) is 0 Å². The van der Waals surface area contributed by atoms with E-state index in [4.69, 9.17) is 0 Å². The minimum absolute atomic E-state index is 0.817. The Hall–Kier alpha value is -0.863. The van der Waals surface area contributed by atoms with Gasteiger partial charge in [0.1, 0.15) is 9.52 Å². The van der Waals surface area contributed by atoms with Crippen molar-refractivity contribution in [2.75, 3.05) is 0 Å². The summed E-state index contributed by atoms with van der Waals surface area (Å²) < 4.78 is 1.22. The molecule has 0 unspecified atom stereocenters. The van der Waals surface area contributed by atoms with Crippen molar-refractivity contribution in [1.29, 1.82) is 0 Å². The lowest BCUT2D eigenvalue weighted by Crippen LogP contribution is -2.20. The molecule has 0 nitrogen and oxygen atoms in total. The summed E-state index contributed by atoms with van der Waals surface area (Å²) in [5.74, 6) is 0. The molecule has 2 heteroatoms. The Bertz CT molecular complexity index is 505. The van der Waals surface area contributed by atoms with Gasteiger partial charge in [0.05, 0.1) is 0 Å². The van der Waals surface area contributed by atoms with E-state index in [1.807, 2.05) is 0 Å². The summed E-state index contributed by atoms with van der Waals surface area (Å²) in [6.07, 6.45) is 0. The highest BCUT2D eigenvalue weighted by atomic mass is 79.9. The summed E-state index contributed by atoms with van der Waals surface area (Å²) in [4.78, 5) is 0. The van der Waals surface area contributed by atoms with Crippen molar-refractivity contribution in [3.05, 3.63) is 46.9 Å². The smallest absolute Gasteiger partial charge is 0.0625 e. The van der Waals surface area contributed by atoms with Crippen molar-refractivity contribution in [2.24, 2.45) is 0 Å². The normalized spacial score (nSPS) is 12.4. The van der Waals surface area contributed by atoms with Crippen molar-refractivity contribution in [3.63, 3.8) is 0 Å². The molecule has 0 saturated carbocycles. The van der Waals surface area contributed by atoms with Gasteiger partial charge in [-0.25, -0.2) is 0 Å². The van der Waals surface area contributed by atoms with Crippen molar-refractivity contribution >= 4 is 35.8 Å². The maximum Gasteiger partial charge on any atom is 0.123 e. The first-order valence-electron chi connectivity index (χ1n) is 4.51. The predicted molar refractivity (Wildman–Crippen MR) is 64.6 cm³/mol. The molecule has 2 radical (unpaired) electrons. The minimum atomic E-state index is 0.817. The Labute approximate surface area is 93.9 Å². The molecule has 0 spiro atoms. The number of hydrogen-bond acceptors (Lipinski definition) is 0. The fourth-order valence-corrected chi connectivity index (χ4v) is 4.01. The summed E-state index contributed by atoms with van der Waals surface area (Å²) in [5.41, 5.74) is 2.79. The molecular weight excluding hydrogens is 252 g/mol. The zero-order valence-corrected chi connectivity index (χ0v) is 10.0. The maximum absolute atomic E-state index is 3.62. The van der Waals surface area contributed by atoms with Crippen molar-refractivity contribution < 1.29 is 0 Å². The highest BCUT2D eigenvalue weighted by molar-refractivity contribution is 9.10. The predicted octanol–water partition coefficient (Wildman–Crippen LogP) is 2.08. The van der Waals surface area contributed by atoms with Crippen LogP contribution in [0, 0.1) is 0 Å². The molecule has 0 saturated heterocycles. The van der Waals surface area contributed by atoms with Crippen LogP contribution < -0.4 is 10.4 Å². The second kappa shape index (κ2) is 3.07. The molecule has 0 atom stereocenters. The lowest BCUT2D eigenvalue weighted by atomic mass is 10.1. The van der Waals surface area contributed by atoms with Crippen LogP contribution in [-0.2, 0) is 0 Å². The Balaban J connectivity index is 2.35. The van der Waals surface area contributed by atoms with Crippen LogP contribution in [0.5, 0.6) is 0 Å². The maximum atomic E-state index is 3.62. The van der Waals surface area contributed by atoms with E-state index >= 15 is 0 Å². The quantitative estimate of drug-likeness (QED) is 0.542. The van der Waals surface area contributed by atoms with Crippen molar-refractivity contribution in [2.45, 2.75) is 0 Å². The fraction of sp³-hybridized carbons (Fsp3) is 0. The van der Waals surface area contributed by atoms with Crippen LogP contribution in [0.3, 0.4) is 0 Å². The monoisotopic (exact) mass is 258 g/mol. The van der Waals surface area contributed by atoms with Crippen LogP contribution in [0.25, 0.3) is 11.1 Å². The van der Waals surface area contributed by atoms with Gasteiger partial charge in [0, 0.05) is 4.47 Å². The van der Waals surface area contributed by atoms with Gasteiger partial charge in [0.2, 0.25) is 0 Å². The average Bonchev–Trinajstić information content (AvgIpc) is 2.57. The number of halogens is 1. The van der Waals surface area contributed by atoms with E-state index in [-0.39, 0.29) is 0 Å². The second-order valence-corrected chi connectivity index (χ2v) is 5.51. The SMILES string of the molecule is Brc1cccc2c1-c1ccccc1[Si]2. The van der Waals surface area contributed by atoms with Gasteiger partial charge in [-0.3, -0.25) is 0 Å². The summed E-state index contributed by atoms with van der Waals surface area (Å²) in [6.45, 7) is 0.